The van der Waals surface area contributed by atoms with Crippen LogP contribution < -0.4 is 10.5 Å². The normalized spacial score (nSPS) is 20.2. The Morgan fingerprint density at radius 2 is 2.42 bits per heavy atom. The number of aryl methyl sites for hydroxylation is 1. The molecule has 1 aromatic carbocycles. The van der Waals surface area contributed by atoms with Gasteiger partial charge in [-0.2, -0.15) is 0 Å². The molecule has 1 amide bonds. The summed E-state index contributed by atoms with van der Waals surface area (Å²) in [6.07, 6.45) is -0.0198. The molecule has 1 saturated heterocycles. The average molecular weight is 264 g/mol. The fraction of sp³-hybridized carbons (Fsp3) is 0.500. The van der Waals surface area contributed by atoms with Crippen molar-refractivity contribution in [3.8, 4) is 5.75 Å². The number of carbonyl (C=O) groups is 1. The molecule has 0 radical (unpaired) electrons. The largest absolute Gasteiger partial charge is 0.491 e. The highest BCUT2D eigenvalue weighted by Crippen LogP contribution is 2.14. The fourth-order valence-corrected chi connectivity index (χ4v) is 2.14. The third-order valence-corrected chi connectivity index (χ3v) is 3.03. The second-order valence-corrected chi connectivity index (χ2v) is 4.82. The van der Waals surface area contributed by atoms with Gasteiger partial charge in [0.1, 0.15) is 18.5 Å². The number of rotatable bonds is 5. The van der Waals surface area contributed by atoms with Gasteiger partial charge in [-0.3, -0.25) is 9.69 Å². The van der Waals surface area contributed by atoms with Crippen molar-refractivity contribution in [2.75, 3.05) is 32.8 Å². The van der Waals surface area contributed by atoms with E-state index >= 15 is 0 Å². The Kier molecular flexibility index (Phi) is 4.76. The molecule has 1 aromatic rings. The van der Waals surface area contributed by atoms with Crippen LogP contribution in [0.2, 0.25) is 0 Å². The van der Waals surface area contributed by atoms with Crippen LogP contribution in [0.5, 0.6) is 5.75 Å². The molecule has 19 heavy (non-hydrogen) atoms. The Balaban J connectivity index is 1.81. The van der Waals surface area contributed by atoms with Crippen molar-refractivity contribution in [3.05, 3.63) is 29.8 Å². The van der Waals surface area contributed by atoms with Crippen molar-refractivity contribution in [2.45, 2.75) is 13.0 Å². The number of benzene rings is 1. The lowest BCUT2D eigenvalue weighted by Gasteiger charge is -2.31. The summed E-state index contributed by atoms with van der Waals surface area (Å²) in [4.78, 5) is 12.9. The molecule has 2 N–H and O–H groups in total. The molecule has 0 spiro atoms. The van der Waals surface area contributed by atoms with E-state index in [1.165, 1.54) is 0 Å². The summed E-state index contributed by atoms with van der Waals surface area (Å²) in [5, 5.41) is 0. The lowest BCUT2D eigenvalue weighted by atomic mass is 10.2. The molecule has 1 fully saturated rings. The van der Waals surface area contributed by atoms with Gasteiger partial charge in [-0.1, -0.05) is 12.1 Å². The van der Waals surface area contributed by atoms with Gasteiger partial charge in [-0.05, 0) is 24.6 Å². The molecular weight excluding hydrogens is 244 g/mol. The van der Waals surface area contributed by atoms with E-state index < -0.39 is 0 Å². The number of hydrogen-bond acceptors (Lipinski definition) is 4. The number of ether oxygens (including phenoxy) is 2. The van der Waals surface area contributed by atoms with Crippen molar-refractivity contribution in [1.82, 2.24) is 4.90 Å². The zero-order chi connectivity index (χ0) is 13.7. The lowest BCUT2D eigenvalue weighted by Crippen LogP contribution is -2.47. The van der Waals surface area contributed by atoms with Crippen LogP contribution in [0.25, 0.3) is 0 Å². The topological polar surface area (TPSA) is 64.8 Å². The maximum atomic E-state index is 10.9. The predicted octanol–water partition coefficient (Wildman–Crippen LogP) is 0.560. The highest BCUT2D eigenvalue weighted by molar-refractivity contribution is 5.75. The van der Waals surface area contributed by atoms with Gasteiger partial charge in [-0.25, -0.2) is 0 Å². The Hall–Kier alpha value is -1.59. The Bertz CT molecular complexity index is 436. The van der Waals surface area contributed by atoms with Crippen molar-refractivity contribution in [2.24, 2.45) is 5.73 Å². The van der Waals surface area contributed by atoms with Gasteiger partial charge < -0.3 is 15.2 Å². The summed E-state index contributed by atoms with van der Waals surface area (Å²) in [7, 11) is 0. The highest BCUT2D eigenvalue weighted by atomic mass is 16.5. The molecule has 2 rings (SSSR count). The van der Waals surface area contributed by atoms with Crippen molar-refractivity contribution >= 4 is 5.91 Å². The molecule has 1 heterocycles. The zero-order valence-corrected chi connectivity index (χ0v) is 11.2. The van der Waals surface area contributed by atoms with E-state index in [1.807, 2.05) is 36.1 Å². The summed E-state index contributed by atoms with van der Waals surface area (Å²) >= 11 is 0. The van der Waals surface area contributed by atoms with E-state index in [4.69, 9.17) is 15.2 Å². The maximum absolute atomic E-state index is 10.9. The van der Waals surface area contributed by atoms with Crippen LogP contribution in [-0.4, -0.2) is 49.8 Å². The summed E-state index contributed by atoms with van der Waals surface area (Å²) in [6, 6.07) is 7.91. The van der Waals surface area contributed by atoms with Crippen molar-refractivity contribution in [3.63, 3.8) is 0 Å². The van der Waals surface area contributed by atoms with Crippen LogP contribution in [0.3, 0.4) is 0 Å². The minimum atomic E-state index is -0.305. The van der Waals surface area contributed by atoms with Gasteiger partial charge in [0.2, 0.25) is 5.91 Å². The molecule has 0 unspecified atom stereocenters. The van der Waals surface area contributed by atoms with Crippen LogP contribution in [-0.2, 0) is 9.53 Å². The standard InChI is InChI=1S/C14H20N2O3/c1-11-3-2-4-12(7-11)19-10-13-8-16(5-6-18-13)9-14(15)17/h2-4,7,13H,5-6,8-10H2,1H3,(H2,15,17)/t13-/m0/s1. The minimum absolute atomic E-state index is 0.0198. The molecule has 0 saturated carbocycles. The van der Waals surface area contributed by atoms with E-state index in [1.54, 1.807) is 0 Å². The van der Waals surface area contributed by atoms with Crippen LogP contribution in [0, 0.1) is 6.92 Å². The predicted molar refractivity (Wildman–Crippen MR) is 72.0 cm³/mol. The van der Waals surface area contributed by atoms with E-state index in [0.717, 1.165) is 17.9 Å². The molecule has 1 atom stereocenters. The fourth-order valence-electron chi connectivity index (χ4n) is 2.14. The van der Waals surface area contributed by atoms with Crippen LogP contribution in [0.1, 0.15) is 5.56 Å². The van der Waals surface area contributed by atoms with Crippen LogP contribution in [0.4, 0.5) is 0 Å². The second-order valence-electron chi connectivity index (χ2n) is 4.82. The summed E-state index contributed by atoms with van der Waals surface area (Å²) in [5.41, 5.74) is 6.36. The van der Waals surface area contributed by atoms with Gasteiger partial charge in [0.05, 0.1) is 13.2 Å². The number of nitrogens with zero attached hydrogens (tertiary/aromatic N) is 1. The number of nitrogens with two attached hydrogens (primary N) is 1. The van der Waals surface area contributed by atoms with Gasteiger partial charge in [0, 0.05) is 13.1 Å². The average Bonchev–Trinajstić information content (AvgIpc) is 2.36. The molecule has 5 heteroatoms. The number of carbonyl (C=O) groups excluding carboxylic acids is 1. The maximum Gasteiger partial charge on any atom is 0.231 e. The third kappa shape index (κ3) is 4.54. The quantitative estimate of drug-likeness (QED) is 0.844. The van der Waals surface area contributed by atoms with Gasteiger partial charge in [0.25, 0.3) is 0 Å². The number of morpholine rings is 1. The highest BCUT2D eigenvalue weighted by Gasteiger charge is 2.21. The lowest BCUT2D eigenvalue weighted by molar-refractivity contribution is -0.121. The summed E-state index contributed by atoms with van der Waals surface area (Å²) < 4.78 is 11.3. The molecule has 0 bridgehead atoms. The van der Waals surface area contributed by atoms with Crippen LogP contribution >= 0.6 is 0 Å². The van der Waals surface area contributed by atoms with E-state index in [-0.39, 0.29) is 18.6 Å². The first-order valence-corrected chi connectivity index (χ1v) is 6.45. The Labute approximate surface area is 113 Å². The summed E-state index contributed by atoms with van der Waals surface area (Å²) in [5.74, 6) is 0.538. The number of hydrogen-bond donors (Lipinski definition) is 1. The molecule has 104 valence electrons. The van der Waals surface area contributed by atoms with Crippen molar-refractivity contribution < 1.29 is 14.3 Å². The van der Waals surface area contributed by atoms with Gasteiger partial charge in [-0.15, -0.1) is 0 Å². The molecule has 5 nitrogen and oxygen atoms in total. The molecular formula is C14H20N2O3. The zero-order valence-electron chi connectivity index (χ0n) is 11.2. The van der Waals surface area contributed by atoms with E-state index in [2.05, 4.69) is 0 Å². The first kappa shape index (κ1) is 13.8. The Morgan fingerprint density at radius 1 is 1.58 bits per heavy atom. The summed E-state index contributed by atoms with van der Waals surface area (Å²) in [6.45, 7) is 4.81. The first-order chi connectivity index (χ1) is 9.13. The molecule has 1 aliphatic rings. The monoisotopic (exact) mass is 264 g/mol. The van der Waals surface area contributed by atoms with Gasteiger partial charge >= 0.3 is 0 Å². The molecule has 0 aromatic heterocycles. The van der Waals surface area contributed by atoms with Gasteiger partial charge in [0.15, 0.2) is 0 Å². The minimum Gasteiger partial charge on any atom is -0.491 e. The smallest absolute Gasteiger partial charge is 0.231 e. The third-order valence-electron chi connectivity index (χ3n) is 3.03. The second kappa shape index (κ2) is 6.54. The van der Waals surface area contributed by atoms with E-state index in [0.29, 0.717) is 19.8 Å². The molecule has 1 aliphatic heterocycles. The van der Waals surface area contributed by atoms with Crippen LogP contribution in [0.15, 0.2) is 24.3 Å². The van der Waals surface area contributed by atoms with Crippen molar-refractivity contribution in [1.29, 1.82) is 0 Å². The SMILES string of the molecule is Cc1cccc(OC[C@@H]2CN(CC(N)=O)CCO2)c1. The van der Waals surface area contributed by atoms with E-state index in [9.17, 15) is 4.79 Å². The molecule has 0 aliphatic carbocycles. The number of primary amides is 1. The number of amides is 1. The first-order valence-electron chi connectivity index (χ1n) is 6.45. The Morgan fingerprint density at radius 3 is 3.16 bits per heavy atom.